The van der Waals surface area contributed by atoms with Crippen molar-refractivity contribution in [3.05, 3.63) is 39.8 Å². The molecule has 19 heavy (non-hydrogen) atoms. The van der Waals surface area contributed by atoms with E-state index in [4.69, 9.17) is 9.47 Å². The Morgan fingerprint density at radius 1 is 1.47 bits per heavy atom. The van der Waals surface area contributed by atoms with Crippen LogP contribution in [0, 0.1) is 6.92 Å². The minimum atomic E-state index is -0.279. The highest BCUT2D eigenvalue weighted by Gasteiger charge is 2.29. The van der Waals surface area contributed by atoms with E-state index in [0.717, 1.165) is 10.7 Å². The normalized spacial score (nSPS) is 17.8. The first-order valence-electron chi connectivity index (χ1n) is 5.97. The lowest BCUT2D eigenvalue weighted by molar-refractivity contribution is 0.0844. The van der Waals surface area contributed by atoms with Gasteiger partial charge in [-0.1, -0.05) is 0 Å². The first kappa shape index (κ1) is 12.2. The average Bonchev–Trinajstić information content (AvgIpc) is 2.85. The van der Waals surface area contributed by atoms with Gasteiger partial charge in [0.05, 0.1) is 29.8 Å². The zero-order valence-electron chi connectivity index (χ0n) is 10.7. The SMILES string of the molecule is COc1ccc2c(c1)C(=O)CC(c1csc(C)n1)O2. The molecule has 1 atom stereocenters. The number of ether oxygens (including phenoxy) is 2. The molecule has 0 radical (unpaired) electrons. The first-order valence-corrected chi connectivity index (χ1v) is 6.85. The number of nitrogens with zero attached hydrogens (tertiary/aromatic N) is 1. The van der Waals surface area contributed by atoms with Crippen LogP contribution in [0.15, 0.2) is 23.6 Å². The van der Waals surface area contributed by atoms with Crippen LogP contribution in [0.2, 0.25) is 0 Å². The molecule has 2 aromatic rings. The molecule has 0 aliphatic carbocycles. The molecule has 1 aliphatic heterocycles. The fourth-order valence-electron chi connectivity index (χ4n) is 2.12. The summed E-state index contributed by atoms with van der Waals surface area (Å²) in [5, 5.41) is 2.92. The number of aromatic nitrogens is 1. The Bertz CT molecular complexity index is 635. The van der Waals surface area contributed by atoms with Crippen molar-refractivity contribution in [1.82, 2.24) is 4.98 Å². The molecule has 1 aromatic heterocycles. The van der Waals surface area contributed by atoms with Gasteiger partial charge in [-0.25, -0.2) is 4.98 Å². The van der Waals surface area contributed by atoms with E-state index in [1.165, 1.54) is 0 Å². The van der Waals surface area contributed by atoms with E-state index >= 15 is 0 Å². The van der Waals surface area contributed by atoms with Crippen LogP contribution in [0.25, 0.3) is 0 Å². The average molecular weight is 275 g/mol. The number of fused-ring (bicyclic) bond motifs is 1. The maximum absolute atomic E-state index is 12.2. The van der Waals surface area contributed by atoms with Crippen LogP contribution < -0.4 is 9.47 Å². The molecule has 1 aromatic carbocycles. The predicted molar refractivity (Wildman–Crippen MR) is 72.2 cm³/mol. The quantitative estimate of drug-likeness (QED) is 0.844. The van der Waals surface area contributed by atoms with Gasteiger partial charge in [-0.15, -0.1) is 11.3 Å². The predicted octanol–water partition coefficient (Wildman–Crippen LogP) is 3.17. The highest BCUT2D eigenvalue weighted by molar-refractivity contribution is 7.09. The number of thiazole rings is 1. The van der Waals surface area contributed by atoms with Gasteiger partial charge in [-0.2, -0.15) is 0 Å². The van der Waals surface area contributed by atoms with Gasteiger partial charge in [-0.3, -0.25) is 4.79 Å². The Balaban J connectivity index is 1.94. The maximum atomic E-state index is 12.2. The second-order valence-electron chi connectivity index (χ2n) is 4.39. The third-order valence-electron chi connectivity index (χ3n) is 3.09. The van der Waals surface area contributed by atoms with Crippen molar-refractivity contribution in [2.45, 2.75) is 19.4 Å². The van der Waals surface area contributed by atoms with Crippen molar-refractivity contribution in [1.29, 1.82) is 0 Å². The summed E-state index contributed by atoms with van der Waals surface area (Å²) in [5.41, 5.74) is 1.42. The Morgan fingerprint density at radius 3 is 3.00 bits per heavy atom. The number of methoxy groups -OCH3 is 1. The number of Topliss-reactive ketones (excluding diaryl/α,β-unsaturated/α-hetero) is 1. The summed E-state index contributed by atoms with van der Waals surface area (Å²) in [4.78, 5) is 16.6. The van der Waals surface area contributed by atoms with Crippen LogP contribution in [0.1, 0.15) is 33.6 Å². The standard InChI is InChI=1S/C14H13NO3S/c1-8-15-11(7-19-8)14-6-12(16)10-5-9(17-2)3-4-13(10)18-14/h3-5,7,14H,6H2,1-2H3. The van der Waals surface area contributed by atoms with E-state index in [1.54, 1.807) is 36.6 Å². The van der Waals surface area contributed by atoms with Crippen molar-refractivity contribution < 1.29 is 14.3 Å². The Morgan fingerprint density at radius 2 is 2.32 bits per heavy atom. The van der Waals surface area contributed by atoms with Crippen LogP contribution in [-0.4, -0.2) is 17.9 Å². The highest BCUT2D eigenvalue weighted by Crippen LogP contribution is 2.36. The van der Waals surface area contributed by atoms with Crippen molar-refractivity contribution in [2.24, 2.45) is 0 Å². The number of aryl methyl sites for hydroxylation is 1. The van der Waals surface area contributed by atoms with Crippen LogP contribution in [0.5, 0.6) is 11.5 Å². The summed E-state index contributed by atoms with van der Waals surface area (Å²) < 4.78 is 11.0. The molecule has 2 heterocycles. The van der Waals surface area contributed by atoms with Crippen LogP contribution in [0.3, 0.4) is 0 Å². The summed E-state index contributed by atoms with van der Waals surface area (Å²) in [6, 6.07) is 5.29. The molecule has 98 valence electrons. The van der Waals surface area contributed by atoms with Gasteiger partial charge in [0.15, 0.2) is 5.78 Å². The lowest BCUT2D eigenvalue weighted by atomic mass is 9.99. The molecule has 0 saturated heterocycles. The zero-order valence-corrected chi connectivity index (χ0v) is 11.5. The van der Waals surface area contributed by atoms with E-state index in [9.17, 15) is 4.79 Å². The van der Waals surface area contributed by atoms with Gasteiger partial charge in [-0.05, 0) is 25.1 Å². The number of carbonyl (C=O) groups is 1. The van der Waals surface area contributed by atoms with Crippen LogP contribution in [-0.2, 0) is 0 Å². The van der Waals surface area contributed by atoms with E-state index in [2.05, 4.69) is 4.98 Å². The largest absolute Gasteiger partial charge is 0.497 e. The molecule has 0 bridgehead atoms. The second kappa shape index (κ2) is 4.66. The third-order valence-corrected chi connectivity index (χ3v) is 3.89. The van der Waals surface area contributed by atoms with Crippen molar-refractivity contribution in [3.63, 3.8) is 0 Å². The highest BCUT2D eigenvalue weighted by atomic mass is 32.1. The summed E-state index contributed by atoms with van der Waals surface area (Å²) in [5.74, 6) is 1.34. The van der Waals surface area contributed by atoms with Crippen LogP contribution >= 0.6 is 11.3 Å². The molecule has 0 fully saturated rings. The smallest absolute Gasteiger partial charge is 0.170 e. The fraction of sp³-hybridized carbons (Fsp3) is 0.286. The van der Waals surface area contributed by atoms with Crippen molar-refractivity contribution in [3.8, 4) is 11.5 Å². The number of hydrogen-bond acceptors (Lipinski definition) is 5. The maximum Gasteiger partial charge on any atom is 0.170 e. The minimum Gasteiger partial charge on any atom is -0.497 e. The van der Waals surface area contributed by atoms with Crippen LogP contribution in [0.4, 0.5) is 0 Å². The minimum absolute atomic E-state index is 0.0656. The Hall–Kier alpha value is -1.88. The molecule has 4 nitrogen and oxygen atoms in total. The Labute approximate surface area is 115 Å². The van der Waals surface area contributed by atoms with E-state index in [1.807, 2.05) is 12.3 Å². The molecular weight excluding hydrogens is 262 g/mol. The molecular formula is C14H13NO3S. The fourth-order valence-corrected chi connectivity index (χ4v) is 2.78. The van der Waals surface area contributed by atoms with E-state index in [0.29, 0.717) is 23.5 Å². The zero-order chi connectivity index (χ0) is 13.4. The van der Waals surface area contributed by atoms with Gasteiger partial charge in [0.25, 0.3) is 0 Å². The molecule has 0 spiro atoms. The third kappa shape index (κ3) is 2.21. The monoisotopic (exact) mass is 275 g/mol. The van der Waals surface area contributed by atoms with Crippen molar-refractivity contribution in [2.75, 3.05) is 7.11 Å². The molecule has 0 amide bonds. The second-order valence-corrected chi connectivity index (χ2v) is 5.45. The topological polar surface area (TPSA) is 48.4 Å². The lowest BCUT2D eigenvalue weighted by Gasteiger charge is -2.24. The molecule has 0 saturated carbocycles. The number of rotatable bonds is 2. The summed E-state index contributed by atoms with van der Waals surface area (Å²) in [6.45, 7) is 1.94. The number of carbonyl (C=O) groups excluding carboxylic acids is 1. The Kier molecular flexibility index (Phi) is 2.98. The van der Waals surface area contributed by atoms with Crippen molar-refractivity contribution >= 4 is 17.1 Å². The summed E-state index contributed by atoms with van der Waals surface area (Å²) >= 11 is 1.56. The number of benzene rings is 1. The first-order chi connectivity index (χ1) is 9.17. The molecule has 0 N–H and O–H groups in total. The number of hydrogen-bond donors (Lipinski definition) is 0. The number of ketones is 1. The summed E-state index contributed by atoms with van der Waals surface area (Å²) in [6.07, 6.45) is 0.0434. The molecule has 3 rings (SSSR count). The molecule has 1 aliphatic rings. The van der Waals surface area contributed by atoms with Gasteiger partial charge >= 0.3 is 0 Å². The summed E-state index contributed by atoms with van der Waals surface area (Å²) in [7, 11) is 1.58. The van der Waals surface area contributed by atoms with Gasteiger partial charge < -0.3 is 9.47 Å². The molecule has 1 unspecified atom stereocenters. The molecule has 5 heteroatoms. The van der Waals surface area contributed by atoms with E-state index < -0.39 is 0 Å². The van der Waals surface area contributed by atoms with Gasteiger partial charge in [0.1, 0.15) is 17.6 Å². The van der Waals surface area contributed by atoms with Gasteiger partial charge in [0, 0.05) is 5.38 Å². The van der Waals surface area contributed by atoms with Gasteiger partial charge in [0.2, 0.25) is 0 Å². The van der Waals surface area contributed by atoms with E-state index in [-0.39, 0.29) is 11.9 Å². The lowest BCUT2D eigenvalue weighted by Crippen LogP contribution is -2.20.